The van der Waals surface area contributed by atoms with Crippen molar-refractivity contribution in [2.75, 3.05) is 14.1 Å². The van der Waals surface area contributed by atoms with Gasteiger partial charge in [0.1, 0.15) is 12.0 Å². The van der Waals surface area contributed by atoms with Crippen molar-refractivity contribution in [1.82, 2.24) is 15.1 Å². The molecule has 0 saturated carbocycles. The maximum atomic E-state index is 13.8. The highest BCUT2D eigenvalue weighted by molar-refractivity contribution is 5.98. The Hall–Kier alpha value is -2.89. The smallest absolute Gasteiger partial charge is 0.320 e. The molecule has 0 bridgehead atoms. The van der Waals surface area contributed by atoms with Gasteiger partial charge < -0.3 is 10.2 Å². The summed E-state index contributed by atoms with van der Waals surface area (Å²) in [5, 5.41) is 2.69. The highest BCUT2D eigenvalue weighted by atomic mass is 19.1. The number of carbonyl (C=O) groups is 2. The summed E-state index contributed by atoms with van der Waals surface area (Å²) < 4.78 is 13.7. The lowest BCUT2D eigenvalue weighted by Gasteiger charge is -2.43. The quantitative estimate of drug-likeness (QED) is 0.862. The Balaban J connectivity index is 2.40. The van der Waals surface area contributed by atoms with Gasteiger partial charge >= 0.3 is 6.03 Å². The van der Waals surface area contributed by atoms with Crippen LogP contribution in [0.2, 0.25) is 0 Å². The first-order valence-electron chi connectivity index (χ1n) is 9.25. The minimum absolute atomic E-state index is 0.228. The molecule has 1 aliphatic heterocycles. The van der Waals surface area contributed by atoms with Crippen LogP contribution in [0, 0.1) is 11.2 Å². The van der Waals surface area contributed by atoms with Crippen LogP contribution in [0.4, 0.5) is 9.18 Å². The van der Waals surface area contributed by atoms with Crippen molar-refractivity contribution in [3.05, 3.63) is 71.5 Å². The first kappa shape index (κ1) is 19.9. The molecule has 0 unspecified atom stereocenters. The number of nitrogens with one attached hydrogen (secondary N) is 1. The van der Waals surface area contributed by atoms with E-state index in [-0.39, 0.29) is 11.9 Å². The van der Waals surface area contributed by atoms with Crippen LogP contribution in [-0.4, -0.2) is 42.0 Å². The summed E-state index contributed by atoms with van der Waals surface area (Å²) in [6.07, 6.45) is -0.495. The third kappa shape index (κ3) is 2.84. The molecule has 1 fully saturated rings. The van der Waals surface area contributed by atoms with E-state index < -0.39 is 22.9 Å². The zero-order chi connectivity index (χ0) is 20.7. The second-order valence-corrected chi connectivity index (χ2v) is 8.16. The van der Waals surface area contributed by atoms with Crippen LogP contribution in [-0.2, 0) is 10.3 Å². The number of likely N-dealkylation sites (N-methyl/N-ethyl adjacent to an activating group) is 1. The molecule has 6 heteroatoms. The number of hydrogen-bond acceptors (Lipinski definition) is 2. The minimum Gasteiger partial charge on any atom is -0.341 e. The summed E-state index contributed by atoms with van der Waals surface area (Å²) in [4.78, 5) is 30.2. The van der Waals surface area contributed by atoms with Crippen molar-refractivity contribution < 1.29 is 14.0 Å². The lowest BCUT2D eigenvalue weighted by Crippen LogP contribution is -2.57. The molecule has 1 N–H and O–H groups in total. The number of carbonyl (C=O) groups excluding carboxylic acids is 2. The monoisotopic (exact) mass is 383 g/mol. The van der Waals surface area contributed by atoms with Crippen molar-refractivity contribution >= 4 is 11.9 Å². The van der Waals surface area contributed by atoms with Gasteiger partial charge in [0.15, 0.2) is 5.54 Å². The number of amides is 3. The molecule has 2 atom stereocenters. The molecular weight excluding hydrogens is 357 g/mol. The summed E-state index contributed by atoms with van der Waals surface area (Å²) >= 11 is 0. The zero-order valence-corrected chi connectivity index (χ0v) is 16.9. The van der Waals surface area contributed by atoms with E-state index in [2.05, 4.69) is 5.32 Å². The topological polar surface area (TPSA) is 52.7 Å². The van der Waals surface area contributed by atoms with Gasteiger partial charge in [-0.3, -0.25) is 9.69 Å². The number of hydrogen-bond donors (Lipinski definition) is 1. The van der Waals surface area contributed by atoms with Gasteiger partial charge in [-0.1, -0.05) is 63.2 Å². The molecule has 0 aliphatic carbocycles. The largest absolute Gasteiger partial charge is 0.341 e. The van der Waals surface area contributed by atoms with Crippen LogP contribution in [0.15, 0.2) is 54.6 Å². The summed E-state index contributed by atoms with van der Waals surface area (Å²) in [7, 11) is 3.26. The third-order valence-corrected chi connectivity index (χ3v) is 5.26. The predicted molar refractivity (Wildman–Crippen MR) is 106 cm³/mol. The molecule has 1 heterocycles. The van der Waals surface area contributed by atoms with E-state index in [4.69, 9.17) is 0 Å². The molecule has 3 rings (SSSR count). The molecule has 1 aliphatic rings. The molecule has 2 aromatic carbocycles. The second kappa shape index (κ2) is 6.93. The van der Waals surface area contributed by atoms with Gasteiger partial charge in [0.25, 0.3) is 5.91 Å². The van der Waals surface area contributed by atoms with E-state index in [1.807, 2.05) is 51.1 Å². The number of halogens is 1. The Labute approximate surface area is 165 Å². The third-order valence-electron chi connectivity index (χ3n) is 5.26. The second-order valence-electron chi connectivity index (χ2n) is 8.16. The number of benzene rings is 2. The highest BCUT2D eigenvalue weighted by Gasteiger charge is 2.62. The Morgan fingerprint density at radius 3 is 2.07 bits per heavy atom. The lowest BCUT2D eigenvalue weighted by atomic mass is 9.80. The van der Waals surface area contributed by atoms with Gasteiger partial charge in [0, 0.05) is 19.5 Å². The van der Waals surface area contributed by atoms with Crippen molar-refractivity contribution in [3.8, 4) is 0 Å². The minimum atomic E-state index is -1.39. The van der Waals surface area contributed by atoms with Gasteiger partial charge in [0.05, 0.1) is 0 Å². The van der Waals surface area contributed by atoms with E-state index in [9.17, 15) is 14.0 Å². The number of nitrogens with zero attached hydrogens (tertiary/aromatic N) is 2. The molecule has 3 amide bonds. The maximum Gasteiger partial charge on any atom is 0.320 e. The van der Waals surface area contributed by atoms with Crippen LogP contribution in [0.3, 0.4) is 0 Å². The first-order chi connectivity index (χ1) is 13.2. The van der Waals surface area contributed by atoms with Crippen molar-refractivity contribution in [2.45, 2.75) is 32.5 Å². The molecule has 148 valence electrons. The number of rotatable bonds is 2. The molecule has 5 nitrogen and oxygen atoms in total. The summed E-state index contributed by atoms with van der Waals surface area (Å²) in [6.45, 7) is 5.97. The van der Waals surface area contributed by atoms with Crippen LogP contribution < -0.4 is 5.32 Å². The SMILES string of the molecule is CNC(=O)N1[C@@H](C(C)(C)C)N(C)C(=O)[C@]1(c1ccccc1)c1ccc(F)cc1. The van der Waals surface area contributed by atoms with Gasteiger partial charge in [-0.15, -0.1) is 0 Å². The molecule has 1 saturated heterocycles. The standard InChI is InChI=1S/C22H26FN3O2/c1-21(2,3)18-25(5)19(27)22(26(18)20(28)24-4,15-9-7-6-8-10-15)16-11-13-17(23)14-12-16/h6-14,18H,1-5H3,(H,24,28)/t18-,22-/m0/s1. The fraction of sp³-hybridized carbons (Fsp3) is 0.364. The predicted octanol–water partition coefficient (Wildman–Crippen LogP) is 3.55. The van der Waals surface area contributed by atoms with Gasteiger partial charge in [-0.05, 0) is 23.3 Å². The maximum absolute atomic E-state index is 13.8. The normalized spacial score (nSPS) is 22.5. The van der Waals surface area contributed by atoms with Crippen molar-refractivity contribution in [2.24, 2.45) is 5.41 Å². The van der Waals surface area contributed by atoms with E-state index in [1.54, 1.807) is 36.0 Å². The van der Waals surface area contributed by atoms with Crippen molar-refractivity contribution in [1.29, 1.82) is 0 Å². The summed E-state index contributed by atoms with van der Waals surface area (Å²) in [5.74, 6) is -0.626. The average Bonchev–Trinajstić information content (AvgIpc) is 2.91. The molecular formula is C22H26FN3O2. The fourth-order valence-electron chi connectivity index (χ4n) is 4.24. The first-order valence-corrected chi connectivity index (χ1v) is 9.25. The molecule has 0 aromatic heterocycles. The summed E-state index contributed by atoms with van der Waals surface area (Å²) in [6, 6.07) is 14.6. The lowest BCUT2D eigenvalue weighted by molar-refractivity contribution is -0.132. The van der Waals surface area contributed by atoms with Crippen LogP contribution in [0.25, 0.3) is 0 Å². The molecule has 0 radical (unpaired) electrons. The van der Waals surface area contributed by atoms with E-state index in [0.717, 1.165) is 0 Å². The van der Waals surface area contributed by atoms with Crippen molar-refractivity contribution in [3.63, 3.8) is 0 Å². The van der Waals surface area contributed by atoms with Crippen LogP contribution in [0.5, 0.6) is 0 Å². The van der Waals surface area contributed by atoms with Gasteiger partial charge in [0.2, 0.25) is 0 Å². The van der Waals surface area contributed by atoms with E-state index in [1.165, 1.54) is 12.1 Å². The Kier molecular flexibility index (Phi) is 4.91. The van der Waals surface area contributed by atoms with Crippen LogP contribution in [0.1, 0.15) is 31.9 Å². The molecule has 28 heavy (non-hydrogen) atoms. The van der Waals surface area contributed by atoms with Gasteiger partial charge in [-0.25, -0.2) is 9.18 Å². The summed E-state index contributed by atoms with van der Waals surface area (Å²) in [5.41, 5.74) is -0.587. The molecule has 2 aromatic rings. The fourth-order valence-corrected chi connectivity index (χ4v) is 4.24. The Morgan fingerprint density at radius 1 is 1.04 bits per heavy atom. The van der Waals surface area contributed by atoms with E-state index >= 15 is 0 Å². The number of urea groups is 1. The molecule has 0 spiro atoms. The van der Waals surface area contributed by atoms with E-state index in [0.29, 0.717) is 11.1 Å². The Morgan fingerprint density at radius 2 is 1.57 bits per heavy atom. The zero-order valence-electron chi connectivity index (χ0n) is 16.9. The van der Waals surface area contributed by atoms with Crippen LogP contribution >= 0.6 is 0 Å². The van der Waals surface area contributed by atoms with Gasteiger partial charge in [-0.2, -0.15) is 0 Å². The highest BCUT2D eigenvalue weighted by Crippen LogP contribution is 2.48. The Bertz CT molecular complexity index is 877. The average molecular weight is 383 g/mol.